The highest BCUT2D eigenvalue weighted by Crippen LogP contribution is 2.40. The van der Waals surface area contributed by atoms with Gasteiger partial charge in [-0.25, -0.2) is 0 Å². The minimum absolute atomic E-state index is 0.902. The van der Waals surface area contributed by atoms with E-state index < -0.39 is 0 Å². The van der Waals surface area contributed by atoms with Gasteiger partial charge in [-0.15, -0.1) is 0 Å². The van der Waals surface area contributed by atoms with Gasteiger partial charge in [0.25, 0.3) is 0 Å². The van der Waals surface area contributed by atoms with Gasteiger partial charge in [0.2, 0.25) is 0 Å². The van der Waals surface area contributed by atoms with Gasteiger partial charge < -0.3 is 13.7 Å². The Hall–Kier alpha value is -8.66. The van der Waals surface area contributed by atoms with E-state index in [-0.39, 0.29) is 0 Å². The van der Waals surface area contributed by atoms with Gasteiger partial charge in [-0.2, -0.15) is 0 Å². The molecule has 0 amide bonds. The van der Waals surface area contributed by atoms with Gasteiger partial charge in [-0.3, -0.25) is 0 Å². The van der Waals surface area contributed by atoms with Crippen LogP contribution >= 0.6 is 0 Å². The molecule has 0 aliphatic heterocycles. The maximum atomic E-state index is 6.22. The summed E-state index contributed by atoms with van der Waals surface area (Å²) in [5.74, 6) is 1.09. The van der Waals surface area contributed by atoms with E-state index in [0.29, 0.717) is 0 Å². The number of furan rings is 2. The van der Waals surface area contributed by atoms with Crippen molar-refractivity contribution in [1.82, 2.24) is 0 Å². The lowest BCUT2D eigenvalue weighted by molar-refractivity contribution is 0.546. The van der Waals surface area contributed by atoms with Gasteiger partial charge in [-0.05, 0) is 152 Å². The Bertz CT molecular complexity index is 3830. The van der Waals surface area contributed by atoms with E-state index in [0.717, 1.165) is 79.9 Å². The van der Waals surface area contributed by atoms with Crippen LogP contribution < -0.4 is 4.90 Å². The number of rotatable bonds is 8. The van der Waals surface area contributed by atoms with Crippen LogP contribution in [0.3, 0.4) is 0 Å². The summed E-state index contributed by atoms with van der Waals surface area (Å²) >= 11 is 0. The van der Waals surface area contributed by atoms with Gasteiger partial charge in [0.05, 0.1) is 0 Å². The Morgan fingerprint density at radius 3 is 1.43 bits per heavy atom. The summed E-state index contributed by atoms with van der Waals surface area (Å²) < 4.78 is 12.4. The van der Waals surface area contributed by atoms with E-state index in [1.807, 2.05) is 12.1 Å². The number of aryl methyl sites for hydroxylation is 1. The van der Waals surface area contributed by atoms with Crippen LogP contribution in [0.4, 0.5) is 17.1 Å². The van der Waals surface area contributed by atoms with Crippen LogP contribution in [0.15, 0.2) is 239 Å². The Labute approximate surface area is 389 Å². The summed E-state index contributed by atoms with van der Waals surface area (Å²) in [7, 11) is 0. The molecule has 3 heteroatoms. The molecule has 316 valence electrons. The molecule has 1 aliphatic rings. The number of hydrogen-bond donors (Lipinski definition) is 0. The quantitative estimate of drug-likeness (QED) is 0.152. The zero-order valence-corrected chi connectivity index (χ0v) is 36.7. The van der Waals surface area contributed by atoms with Crippen molar-refractivity contribution in [3.05, 3.63) is 242 Å². The zero-order chi connectivity index (χ0) is 44.3. The molecule has 2 aromatic heterocycles. The SMILES string of the molecule is C1=Cc2c(oc3ccc(-c4ccc(N(c5ccc(-c6ccc(-c7cccc(-c8ccc9ccccc9c8)c7)cc6)cc5)c5ccc(-c6ccc7oc8ccccc8c7c6)cc5)cc4)cc23)CC1. The molecule has 0 fully saturated rings. The predicted molar refractivity (Wildman–Crippen MR) is 280 cm³/mol. The van der Waals surface area contributed by atoms with E-state index >= 15 is 0 Å². The number of fused-ring (bicyclic) bond motifs is 7. The molecular weight excluding hydrogens is 815 g/mol. The second-order valence-corrected chi connectivity index (χ2v) is 17.6. The van der Waals surface area contributed by atoms with Crippen LogP contribution in [0, 0.1) is 0 Å². The molecule has 67 heavy (non-hydrogen) atoms. The van der Waals surface area contributed by atoms with Gasteiger partial charge >= 0.3 is 0 Å². The van der Waals surface area contributed by atoms with Crippen molar-refractivity contribution < 1.29 is 8.83 Å². The summed E-state index contributed by atoms with van der Waals surface area (Å²) in [6.07, 6.45) is 6.44. The second-order valence-electron chi connectivity index (χ2n) is 17.6. The van der Waals surface area contributed by atoms with Crippen LogP contribution in [0.2, 0.25) is 0 Å². The van der Waals surface area contributed by atoms with Crippen molar-refractivity contribution in [3.8, 4) is 55.6 Å². The van der Waals surface area contributed by atoms with Gasteiger partial charge in [-0.1, -0.05) is 158 Å². The molecule has 0 atom stereocenters. The third-order valence-corrected chi connectivity index (χ3v) is 13.5. The molecule has 0 unspecified atom stereocenters. The molecule has 0 radical (unpaired) electrons. The summed E-state index contributed by atoms with van der Waals surface area (Å²) in [6.45, 7) is 0. The summed E-state index contributed by atoms with van der Waals surface area (Å²) in [5, 5.41) is 5.95. The van der Waals surface area contributed by atoms with Crippen LogP contribution in [-0.2, 0) is 6.42 Å². The molecule has 0 saturated carbocycles. The second kappa shape index (κ2) is 16.1. The van der Waals surface area contributed by atoms with Crippen LogP contribution in [-0.4, -0.2) is 0 Å². The largest absolute Gasteiger partial charge is 0.460 e. The molecule has 3 nitrogen and oxygen atoms in total. The van der Waals surface area contributed by atoms with E-state index in [1.54, 1.807) is 0 Å². The van der Waals surface area contributed by atoms with Gasteiger partial charge in [0, 0.05) is 45.2 Å². The Balaban J connectivity index is 0.816. The third-order valence-electron chi connectivity index (χ3n) is 13.5. The van der Waals surface area contributed by atoms with Crippen LogP contribution in [0.1, 0.15) is 17.7 Å². The standard InChI is InChI=1S/C64H43NO2/c1-2-9-48-39-51(21-20-42(48)8-1)50-11-7-10-49(38-50)45-18-16-43(17-19-45)44-22-30-54(31-23-44)65(55-32-24-46(25-33-55)52-28-36-63-59(40-52)57-12-3-5-14-61(57)66-63)56-34-26-47(27-35-56)53-29-37-64-60(41-53)58-13-4-6-15-62(58)67-64/h1-5,7-14,16-41H,6,15H2. The average molecular weight is 858 g/mol. The van der Waals surface area contributed by atoms with Crippen LogP contribution in [0.5, 0.6) is 0 Å². The fourth-order valence-electron chi connectivity index (χ4n) is 10.00. The summed E-state index contributed by atoms with van der Waals surface area (Å²) in [6, 6.07) is 81.1. The summed E-state index contributed by atoms with van der Waals surface area (Å²) in [5.41, 5.74) is 19.0. The lowest BCUT2D eigenvalue weighted by atomic mass is 9.96. The van der Waals surface area contributed by atoms with E-state index in [2.05, 4.69) is 229 Å². The first kappa shape index (κ1) is 38.8. The molecule has 10 aromatic carbocycles. The first-order valence-corrected chi connectivity index (χ1v) is 23.1. The first-order chi connectivity index (χ1) is 33.1. The van der Waals surface area contributed by atoms with E-state index in [4.69, 9.17) is 8.83 Å². The topological polar surface area (TPSA) is 29.5 Å². The van der Waals surface area contributed by atoms with Crippen LogP contribution in [0.25, 0.3) is 105 Å². The molecular formula is C64H43NO2. The Kier molecular flexibility index (Phi) is 9.31. The van der Waals surface area contributed by atoms with E-state index in [9.17, 15) is 0 Å². The predicted octanol–water partition coefficient (Wildman–Crippen LogP) is 18.2. The van der Waals surface area contributed by atoms with Crippen molar-refractivity contribution in [1.29, 1.82) is 0 Å². The smallest absolute Gasteiger partial charge is 0.135 e. The van der Waals surface area contributed by atoms with E-state index in [1.165, 1.54) is 60.7 Å². The molecule has 0 N–H and O–H groups in total. The fraction of sp³-hybridized carbons (Fsp3) is 0.0312. The number of hydrogen-bond acceptors (Lipinski definition) is 3. The number of benzene rings is 10. The highest BCUT2D eigenvalue weighted by Gasteiger charge is 2.18. The minimum Gasteiger partial charge on any atom is -0.460 e. The van der Waals surface area contributed by atoms with Crippen molar-refractivity contribution in [2.24, 2.45) is 0 Å². The minimum atomic E-state index is 0.902. The molecule has 0 saturated heterocycles. The maximum Gasteiger partial charge on any atom is 0.135 e. The highest BCUT2D eigenvalue weighted by molar-refractivity contribution is 6.06. The molecule has 13 rings (SSSR count). The van der Waals surface area contributed by atoms with Gasteiger partial charge in [0.1, 0.15) is 22.5 Å². The van der Waals surface area contributed by atoms with Gasteiger partial charge in [0.15, 0.2) is 0 Å². The molecule has 2 heterocycles. The number of nitrogens with zero attached hydrogens (tertiary/aromatic N) is 1. The molecule has 1 aliphatic carbocycles. The number of allylic oxidation sites excluding steroid dienone is 1. The summed E-state index contributed by atoms with van der Waals surface area (Å²) in [4.78, 5) is 2.34. The highest BCUT2D eigenvalue weighted by atomic mass is 16.3. The normalized spacial score (nSPS) is 12.3. The molecule has 0 spiro atoms. The average Bonchev–Trinajstić information content (AvgIpc) is 3.97. The Morgan fingerprint density at radius 1 is 0.313 bits per heavy atom. The van der Waals surface area contributed by atoms with Crippen molar-refractivity contribution in [2.45, 2.75) is 12.8 Å². The third kappa shape index (κ3) is 7.09. The number of para-hydroxylation sites is 1. The first-order valence-electron chi connectivity index (χ1n) is 23.1. The zero-order valence-electron chi connectivity index (χ0n) is 36.7. The van der Waals surface area contributed by atoms with Crippen molar-refractivity contribution in [3.63, 3.8) is 0 Å². The molecule has 12 aromatic rings. The lowest BCUT2D eigenvalue weighted by Gasteiger charge is -2.26. The monoisotopic (exact) mass is 857 g/mol. The fourth-order valence-corrected chi connectivity index (χ4v) is 10.00. The molecule has 0 bridgehead atoms. The lowest BCUT2D eigenvalue weighted by Crippen LogP contribution is -2.09. The number of anilines is 3. The Morgan fingerprint density at radius 2 is 0.776 bits per heavy atom. The van der Waals surface area contributed by atoms with Crippen molar-refractivity contribution >= 4 is 66.8 Å². The maximum absolute atomic E-state index is 6.22. The van der Waals surface area contributed by atoms with Crippen molar-refractivity contribution in [2.75, 3.05) is 4.90 Å².